The van der Waals surface area contributed by atoms with Crippen molar-refractivity contribution in [3.63, 3.8) is 0 Å². The van der Waals surface area contributed by atoms with Gasteiger partial charge in [0.05, 0.1) is 12.6 Å². The Labute approximate surface area is 165 Å². The fraction of sp³-hybridized carbons (Fsp3) is 0.591. The summed E-state index contributed by atoms with van der Waals surface area (Å²) in [5.41, 5.74) is 2.37. The fourth-order valence-electron chi connectivity index (χ4n) is 3.60. The second kappa shape index (κ2) is 10.7. The monoisotopic (exact) mass is 389 g/mol. The van der Waals surface area contributed by atoms with Gasteiger partial charge in [0.25, 0.3) is 0 Å². The van der Waals surface area contributed by atoms with Crippen molar-refractivity contribution in [3.8, 4) is 0 Å². The average Bonchev–Trinajstić information content (AvgIpc) is 3.12. The smallest absolute Gasteiger partial charge is 0.413 e. The third-order valence-corrected chi connectivity index (χ3v) is 10.3. The first-order valence-electron chi connectivity index (χ1n) is 10.5. The number of carbonyl (C=O) groups is 1. The van der Waals surface area contributed by atoms with Gasteiger partial charge >= 0.3 is 6.09 Å². The molecule has 0 aliphatic carbocycles. The Balaban J connectivity index is 2.43. The second-order valence-electron chi connectivity index (χ2n) is 7.27. The van der Waals surface area contributed by atoms with Gasteiger partial charge in [-0.25, -0.2) is 4.79 Å². The molecule has 0 N–H and O–H groups in total. The number of rotatable bonds is 11. The number of unbranched alkanes of at least 4 members (excludes halogenated alkanes) is 1. The summed E-state index contributed by atoms with van der Waals surface area (Å²) in [4.78, 5) is 13.7. The number of amides is 1. The van der Waals surface area contributed by atoms with Gasteiger partial charge in [-0.2, -0.15) is 0 Å². The Morgan fingerprint density at radius 2 is 1.85 bits per heavy atom. The first-order chi connectivity index (χ1) is 13.1. The van der Waals surface area contributed by atoms with E-state index in [1.807, 2.05) is 12.3 Å². The van der Waals surface area contributed by atoms with E-state index in [0.717, 1.165) is 37.4 Å². The molecule has 1 fully saturated rings. The third-order valence-electron chi connectivity index (χ3n) is 5.67. The van der Waals surface area contributed by atoms with Crippen LogP contribution in [0.5, 0.6) is 0 Å². The van der Waals surface area contributed by atoms with Crippen LogP contribution in [0.3, 0.4) is 0 Å². The minimum atomic E-state index is -1.81. The van der Waals surface area contributed by atoms with Crippen LogP contribution in [0.15, 0.2) is 42.1 Å². The molecule has 1 aliphatic rings. The first kappa shape index (κ1) is 21.7. The maximum atomic E-state index is 12.0. The van der Waals surface area contributed by atoms with Gasteiger partial charge in [-0.05, 0) is 42.1 Å². The lowest BCUT2D eigenvalue weighted by Gasteiger charge is -2.35. The Kier molecular flexibility index (Phi) is 8.57. The largest absolute Gasteiger partial charge is 0.447 e. The summed E-state index contributed by atoms with van der Waals surface area (Å²) in [6.45, 7) is 10.1. The summed E-state index contributed by atoms with van der Waals surface area (Å²) in [5, 5.41) is 0. The Morgan fingerprint density at radius 1 is 1.19 bits per heavy atom. The molecule has 4 nitrogen and oxygen atoms in total. The molecule has 0 saturated carbocycles. The van der Waals surface area contributed by atoms with E-state index in [0.29, 0.717) is 13.2 Å². The van der Waals surface area contributed by atoms with Crippen LogP contribution < -0.4 is 0 Å². The molecule has 0 radical (unpaired) electrons. The molecule has 27 heavy (non-hydrogen) atoms. The maximum Gasteiger partial charge on any atom is 0.413 e. The van der Waals surface area contributed by atoms with E-state index in [4.69, 9.17) is 9.16 Å². The van der Waals surface area contributed by atoms with Gasteiger partial charge < -0.3 is 9.16 Å². The second-order valence-corrected chi connectivity index (χ2v) is 12.0. The number of carbonyl (C=O) groups excluding carboxylic acids is 1. The van der Waals surface area contributed by atoms with E-state index in [9.17, 15) is 4.79 Å². The van der Waals surface area contributed by atoms with Crippen molar-refractivity contribution in [2.45, 2.75) is 71.2 Å². The van der Waals surface area contributed by atoms with Gasteiger partial charge in [0.15, 0.2) is 8.32 Å². The summed E-state index contributed by atoms with van der Waals surface area (Å²) in [5.74, 6) is 0. The standard InChI is InChI=1S/C22H35NO3Si/c1-5-9-13-20(18-23-16-17-25-22(23)24)21(19-14-11-10-12-15-19)26-27(6-2,7-3)8-4/h10-12,14-15,18,21H,5-9,13,16-17H2,1-4H3/b20-18+. The lowest BCUT2D eigenvalue weighted by atomic mass is 9.98. The summed E-state index contributed by atoms with van der Waals surface area (Å²) in [6, 6.07) is 13.8. The summed E-state index contributed by atoms with van der Waals surface area (Å²) >= 11 is 0. The molecule has 1 heterocycles. The van der Waals surface area contributed by atoms with Gasteiger partial charge in [0, 0.05) is 6.20 Å². The zero-order valence-corrected chi connectivity index (χ0v) is 18.4. The molecule has 1 aromatic rings. The van der Waals surface area contributed by atoms with Gasteiger partial charge in [-0.3, -0.25) is 4.90 Å². The highest BCUT2D eigenvalue weighted by Gasteiger charge is 2.34. The zero-order valence-electron chi connectivity index (χ0n) is 17.4. The maximum absolute atomic E-state index is 12.0. The number of hydrogen-bond acceptors (Lipinski definition) is 3. The summed E-state index contributed by atoms with van der Waals surface area (Å²) in [7, 11) is -1.81. The van der Waals surface area contributed by atoms with Crippen LogP contribution in [0, 0.1) is 0 Å². The molecule has 1 aromatic carbocycles. The molecule has 0 spiro atoms. The Bertz CT molecular complexity index is 605. The van der Waals surface area contributed by atoms with Crippen LogP contribution in [0.4, 0.5) is 4.79 Å². The Morgan fingerprint density at radius 3 is 2.37 bits per heavy atom. The van der Waals surface area contributed by atoms with Crippen molar-refractivity contribution in [3.05, 3.63) is 47.7 Å². The molecule has 1 unspecified atom stereocenters. The topological polar surface area (TPSA) is 38.8 Å². The van der Waals surface area contributed by atoms with E-state index < -0.39 is 8.32 Å². The number of hydrogen-bond donors (Lipinski definition) is 0. The minimum Gasteiger partial charge on any atom is -0.447 e. The molecule has 1 amide bonds. The first-order valence-corrected chi connectivity index (χ1v) is 13.0. The number of ether oxygens (including phenoxy) is 1. The van der Waals surface area contributed by atoms with Gasteiger partial charge in [-0.15, -0.1) is 0 Å². The van der Waals surface area contributed by atoms with Crippen LogP contribution in [0.1, 0.15) is 58.6 Å². The van der Waals surface area contributed by atoms with Crippen molar-refractivity contribution in [2.24, 2.45) is 0 Å². The number of cyclic esters (lactones) is 1. The van der Waals surface area contributed by atoms with Crippen LogP contribution >= 0.6 is 0 Å². The van der Waals surface area contributed by atoms with Crippen molar-refractivity contribution >= 4 is 14.4 Å². The Hall–Kier alpha value is -1.59. The number of benzene rings is 1. The molecular formula is C22H35NO3Si. The zero-order chi connectivity index (χ0) is 19.7. The average molecular weight is 390 g/mol. The van der Waals surface area contributed by atoms with Gasteiger partial charge in [0.1, 0.15) is 6.61 Å². The van der Waals surface area contributed by atoms with E-state index in [-0.39, 0.29) is 12.2 Å². The third kappa shape index (κ3) is 5.69. The highest BCUT2D eigenvalue weighted by atomic mass is 28.4. The van der Waals surface area contributed by atoms with Crippen LogP contribution in [0.2, 0.25) is 18.1 Å². The van der Waals surface area contributed by atoms with Crippen molar-refractivity contribution in [1.29, 1.82) is 0 Å². The lowest BCUT2D eigenvalue weighted by Crippen LogP contribution is -2.38. The van der Waals surface area contributed by atoms with E-state index in [1.165, 1.54) is 11.1 Å². The lowest BCUT2D eigenvalue weighted by molar-refractivity contribution is 0.165. The quantitative estimate of drug-likeness (QED) is 0.418. The molecule has 5 heteroatoms. The predicted octanol–water partition coefficient (Wildman–Crippen LogP) is 6.28. The van der Waals surface area contributed by atoms with Crippen LogP contribution in [-0.2, 0) is 9.16 Å². The minimum absolute atomic E-state index is 0.0855. The van der Waals surface area contributed by atoms with E-state index in [2.05, 4.69) is 52.0 Å². The molecule has 0 aromatic heterocycles. The molecule has 150 valence electrons. The van der Waals surface area contributed by atoms with Crippen LogP contribution in [0.25, 0.3) is 0 Å². The predicted molar refractivity (Wildman–Crippen MR) is 113 cm³/mol. The number of nitrogens with zero attached hydrogens (tertiary/aromatic N) is 1. The van der Waals surface area contributed by atoms with E-state index >= 15 is 0 Å². The van der Waals surface area contributed by atoms with Gasteiger partial charge in [0.2, 0.25) is 0 Å². The van der Waals surface area contributed by atoms with Crippen molar-refractivity contribution in [1.82, 2.24) is 4.90 Å². The summed E-state index contributed by atoms with van der Waals surface area (Å²) < 4.78 is 12.1. The molecule has 1 saturated heterocycles. The highest BCUT2D eigenvalue weighted by molar-refractivity contribution is 6.73. The fourth-order valence-corrected chi connectivity index (χ4v) is 6.39. The van der Waals surface area contributed by atoms with E-state index in [1.54, 1.807) is 4.90 Å². The van der Waals surface area contributed by atoms with Crippen molar-refractivity contribution < 1.29 is 14.0 Å². The van der Waals surface area contributed by atoms with Gasteiger partial charge in [-0.1, -0.05) is 64.4 Å². The molecular weight excluding hydrogens is 354 g/mol. The normalized spacial score (nSPS) is 16.5. The summed E-state index contributed by atoms with van der Waals surface area (Å²) in [6.07, 6.45) is 4.80. The molecule has 1 aliphatic heterocycles. The SMILES string of the molecule is CCCC/C(=C\N1CCOC1=O)C(O[Si](CC)(CC)CC)c1ccccc1. The highest BCUT2D eigenvalue weighted by Crippen LogP contribution is 2.36. The molecule has 0 bridgehead atoms. The molecule has 1 atom stereocenters. The van der Waals surface area contributed by atoms with Crippen LogP contribution in [-0.4, -0.2) is 32.5 Å². The molecule has 2 rings (SSSR count). The van der Waals surface area contributed by atoms with Crippen molar-refractivity contribution in [2.75, 3.05) is 13.2 Å².